The van der Waals surface area contributed by atoms with Crippen LogP contribution in [0.4, 0.5) is 5.69 Å². The Hall–Kier alpha value is -2.14. The molecular formula is C17H19NO3S. The van der Waals surface area contributed by atoms with Gasteiger partial charge in [0.15, 0.2) is 0 Å². The molecule has 1 aromatic heterocycles. The zero-order valence-electron chi connectivity index (χ0n) is 12.9. The molecule has 2 rings (SSSR count). The number of benzene rings is 1. The molecule has 0 radical (unpaired) electrons. The molecular weight excluding hydrogens is 298 g/mol. The number of carbonyl (C=O) groups excluding carboxylic acids is 1. The molecule has 116 valence electrons. The van der Waals surface area contributed by atoms with Gasteiger partial charge in [-0.15, -0.1) is 11.3 Å². The molecule has 0 fully saturated rings. The fourth-order valence-corrected chi connectivity index (χ4v) is 3.07. The van der Waals surface area contributed by atoms with Crippen molar-refractivity contribution in [3.8, 4) is 10.4 Å². The number of nitrogens with one attached hydrogen (secondary N) is 1. The molecule has 1 heterocycles. The summed E-state index contributed by atoms with van der Waals surface area (Å²) >= 11 is 1.18. The van der Waals surface area contributed by atoms with Gasteiger partial charge in [-0.3, -0.25) is 4.79 Å². The minimum absolute atomic E-state index is 0.158. The molecule has 0 saturated carbocycles. The summed E-state index contributed by atoms with van der Waals surface area (Å²) in [5, 5.41) is 12.0. The Morgan fingerprint density at radius 3 is 2.50 bits per heavy atom. The van der Waals surface area contributed by atoms with Crippen molar-refractivity contribution in [3.63, 3.8) is 0 Å². The van der Waals surface area contributed by atoms with Crippen LogP contribution in [0.2, 0.25) is 0 Å². The van der Waals surface area contributed by atoms with Gasteiger partial charge in [0.1, 0.15) is 4.88 Å². The standard InChI is InChI=1S/C17H19NO3S/c1-4-5-15(19)18-13-9-14(22-16(13)17(20)21)12-7-6-10(2)11(3)8-12/h6-9H,4-5H2,1-3H3,(H,18,19)(H,20,21). The van der Waals surface area contributed by atoms with Crippen molar-refractivity contribution in [3.05, 3.63) is 40.3 Å². The summed E-state index contributed by atoms with van der Waals surface area (Å²) in [6, 6.07) is 7.76. The van der Waals surface area contributed by atoms with Gasteiger partial charge in [0.25, 0.3) is 0 Å². The second-order valence-corrected chi connectivity index (χ2v) is 6.31. The van der Waals surface area contributed by atoms with Crippen LogP contribution in [0.25, 0.3) is 10.4 Å². The maximum atomic E-state index is 11.7. The molecule has 0 aliphatic rings. The second-order valence-electron chi connectivity index (χ2n) is 5.26. The smallest absolute Gasteiger partial charge is 0.348 e. The highest BCUT2D eigenvalue weighted by molar-refractivity contribution is 7.18. The van der Waals surface area contributed by atoms with Crippen molar-refractivity contribution in [2.75, 3.05) is 5.32 Å². The molecule has 4 nitrogen and oxygen atoms in total. The lowest BCUT2D eigenvalue weighted by Gasteiger charge is -2.03. The first kappa shape index (κ1) is 16.2. The van der Waals surface area contributed by atoms with Crippen LogP contribution in [0, 0.1) is 13.8 Å². The SMILES string of the molecule is CCCC(=O)Nc1cc(-c2ccc(C)c(C)c2)sc1C(=O)O. The van der Waals surface area contributed by atoms with Gasteiger partial charge in [-0.2, -0.15) is 0 Å². The van der Waals surface area contributed by atoms with Gasteiger partial charge in [-0.25, -0.2) is 4.79 Å². The summed E-state index contributed by atoms with van der Waals surface area (Å²) in [6.45, 7) is 5.97. The average Bonchev–Trinajstić information content (AvgIpc) is 2.86. The molecule has 2 aromatic rings. The zero-order valence-corrected chi connectivity index (χ0v) is 13.7. The molecule has 0 bridgehead atoms. The monoisotopic (exact) mass is 317 g/mol. The first-order chi connectivity index (χ1) is 10.4. The highest BCUT2D eigenvalue weighted by atomic mass is 32.1. The summed E-state index contributed by atoms with van der Waals surface area (Å²) in [5.41, 5.74) is 3.69. The quantitative estimate of drug-likeness (QED) is 0.855. The highest BCUT2D eigenvalue weighted by Gasteiger charge is 2.18. The first-order valence-corrected chi connectivity index (χ1v) is 7.98. The van der Waals surface area contributed by atoms with E-state index in [-0.39, 0.29) is 10.8 Å². The van der Waals surface area contributed by atoms with E-state index in [4.69, 9.17) is 0 Å². The molecule has 1 amide bonds. The number of thiophene rings is 1. The van der Waals surface area contributed by atoms with Crippen LogP contribution in [-0.2, 0) is 4.79 Å². The van der Waals surface area contributed by atoms with E-state index < -0.39 is 5.97 Å². The third kappa shape index (κ3) is 3.54. The summed E-state index contributed by atoms with van der Waals surface area (Å²) in [7, 11) is 0. The van der Waals surface area contributed by atoms with Gasteiger partial charge >= 0.3 is 5.97 Å². The fraction of sp³-hybridized carbons (Fsp3) is 0.294. The number of carbonyl (C=O) groups is 2. The van der Waals surface area contributed by atoms with Crippen molar-refractivity contribution in [1.29, 1.82) is 0 Å². The van der Waals surface area contributed by atoms with E-state index in [0.29, 0.717) is 12.1 Å². The lowest BCUT2D eigenvalue weighted by molar-refractivity contribution is -0.116. The minimum Gasteiger partial charge on any atom is -0.477 e. The van der Waals surface area contributed by atoms with Gasteiger partial charge in [0, 0.05) is 11.3 Å². The third-order valence-electron chi connectivity index (χ3n) is 3.47. The maximum absolute atomic E-state index is 11.7. The molecule has 2 N–H and O–H groups in total. The number of aryl methyl sites for hydroxylation is 2. The molecule has 0 saturated heterocycles. The largest absolute Gasteiger partial charge is 0.477 e. The number of amides is 1. The molecule has 0 aliphatic heterocycles. The first-order valence-electron chi connectivity index (χ1n) is 7.17. The van der Waals surface area contributed by atoms with Crippen molar-refractivity contribution in [1.82, 2.24) is 0 Å². The Balaban J connectivity index is 2.39. The zero-order chi connectivity index (χ0) is 16.3. The van der Waals surface area contributed by atoms with Gasteiger partial charge in [0.05, 0.1) is 5.69 Å². The molecule has 22 heavy (non-hydrogen) atoms. The number of aromatic carboxylic acids is 1. The number of hydrogen-bond donors (Lipinski definition) is 2. The predicted molar refractivity (Wildman–Crippen MR) is 89.7 cm³/mol. The van der Waals surface area contributed by atoms with Crippen LogP contribution in [-0.4, -0.2) is 17.0 Å². The number of carboxylic acids is 1. The van der Waals surface area contributed by atoms with Gasteiger partial charge < -0.3 is 10.4 Å². The second kappa shape index (κ2) is 6.75. The summed E-state index contributed by atoms with van der Waals surface area (Å²) in [5.74, 6) is -1.18. The lowest BCUT2D eigenvalue weighted by atomic mass is 10.1. The Labute approximate surface area is 133 Å². The Kier molecular flexibility index (Phi) is 4.98. The summed E-state index contributed by atoms with van der Waals surface area (Å²) in [4.78, 5) is 24.1. The van der Waals surface area contributed by atoms with E-state index in [0.717, 1.165) is 22.4 Å². The molecule has 0 atom stereocenters. The van der Waals surface area contributed by atoms with Crippen LogP contribution < -0.4 is 5.32 Å². The van der Waals surface area contributed by atoms with Crippen molar-refractivity contribution < 1.29 is 14.7 Å². The predicted octanol–water partition coefficient (Wildman–Crippen LogP) is 4.47. The Bertz CT molecular complexity index is 719. The Morgan fingerprint density at radius 2 is 1.91 bits per heavy atom. The number of hydrogen-bond acceptors (Lipinski definition) is 3. The van der Waals surface area contributed by atoms with Gasteiger partial charge in [-0.05, 0) is 43.0 Å². The Morgan fingerprint density at radius 1 is 1.18 bits per heavy atom. The summed E-state index contributed by atoms with van der Waals surface area (Å²) < 4.78 is 0. The van der Waals surface area contributed by atoms with Crippen LogP contribution in [0.5, 0.6) is 0 Å². The third-order valence-corrected chi connectivity index (χ3v) is 4.64. The fourth-order valence-electron chi connectivity index (χ4n) is 2.12. The van der Waals surface area contributed by atoms with E-state index in [1.165, 1.54) is 16.9 Å². The topological polar surface area (TPSA) is 66.4 Å². The normalized spacial score (nSPS) is 10.5. The minimum atomic E-state index is -1.02. The maximum Gasteiger partial charge on any atom is 0.348 e. The van der Waals surface area contributed by atoms with E-state index >= 15 is 0 Å². The van der Waals surface area contributed by atoms with E-state index in [2.05, 4.69) is 5.32 Å². The summed E-state index contributed by atoms with van der Waals surface area (Å²) in [6.07, 6.45) is 1.11. The van der Waals surface area contributed by atoms with Gasteiger partial charge in [-0.1, -0.05) is 25.1 Å². The van der Waals surface area contributed by atoms with Crippen LogP contribution in [0.3, 0.4) is 0 Å². The van der Waals surface area contributed by atoms with E-state index in [1.807, 2.05) is 39.0 Å². The van der Waals surface area contributed by atoms with Gasteiger partial charge in [0.2, 0.25) is 5.91 Å². The highest BCUT2D eigenvalue weighted by Crippen LogP contribution is 2.35. The number of rotatable bonds is 5. The molecule has 0 aliphatic carbocycles. The molecule has 1 aromatic carbocycles. The number of carboxylic acid groups (broad SMARTS) is 1. The van der Waals surface area contributed by atoms with E-state index in [9.17, 15) is 14.7 Å². The van der Waals surface area contributed by atoms with E-state index in [1.54, 1.807) is 6.07 Å². The molecule has 0 unspecified atom stereocenters. The number of anilines is 1. The molecule has 0 spiro atoms. The van der Waals surface area contributed by atoms with Crippen molar-refractivity contribution >= 4 is 28.9 Å². The van der Waals surface area contributed by atoms with Crippen LogP contribution >= 0.6 is 11.3 Å². The van der Waals surface area contributed by atoms with Crippen LogP contribution in [0.15, 0.2) is 24.3 Å². The van der Waals surface area contributed by atoms with Crippen molar-refractivity contribution in [2.24, 2.45) is 0 Å². The van der Waals surface area contributed by atoms with Crippen LogP contribution in [0.1, 0.15) is 40.6 Å². The lowest BCUT2D eigenvalue weighted by Crippen LogP contribution is -2.12. The van der Waals surface area contributed by atoms with Crippen molar-refractivity contribution in [2.45, 2.75) is 33.6 Å². The average molecular weight is 317 g/mol. The molecule has 5 heteroatoms.